The van der Waals surface area contributed by atoms with Gasteiger partial charge in [0, 0.05) is 6.42 Å². The molecule has 82 valence electrons. The molecule has 1 unspecified atom stereocenters. The van der Waals surface area contributed by atoms with Crippen LogP contribution in [-0.4, -0.2) is 24.2 Å². The number of hydrogen-bond donors (Lipinski definition) is 0. The summed E-state index contributed by atoms with van der Waals surface area (Å²) in [6.45, 7) is 0. The molecule has 0 aliphatic heterocycles. The molecule has 0 aliphatic rings. The molecule has 0 spiro atoms. The van der Waals surface area contributed by atoms with Gasteiger partial charge in [-0.05, 0) is 17.9 Å². The zero-order valence-electron chi connectivity index (χ0n) is 8.23. The Kier molecular flexibility index (Phi) is 4.78. The van der Waals surface area contributed by atoms with Crippen molar-refractivity contribution in [2.75, 3.05) is 7.11 Å². The van der Waals surface area contributed by atoms with Crippen molar-refractivity contribution in [1.82, 2.24) is 0 Å². The number of alkyl halides is 1. The maximum atomic E-state index is 11.6. The van der Waals surface area contributed by atoms with Gasteiger partial charge in [-0.2, -0.15) is 0 Å². The number of carbonyl (C=O) groups is 2. The van der Waals surface area contributed by atoms with E-state index in [0.717, 1.165) is 0 Å². The van der Waals surface area contributed by atoms with Gasteiger partial charge in [0.2, 0.25) is 0 Å². The van der Waals surface area contributed by atoms with E-state index in [0.29, 0.717) is 11.3 Å². The number of hydrogen-bond acceptors (Lipinski definition) is 4. The Morgan fingerprint density at radius 2 is 2.33 bits per heavy atom. The zero-order valence-corrected chi connectivity index (χ0v) is 9.81. The van der Waals surface area contributed by atoms with Crippen LogP contribution in [0.5, 0.6) is 0 Å². The molecule has 1 aromatic heterocycles. The number of Topliss-reactive ketones (excluding diaryl/α,β-unsaturated/α-hetero) is 1. The van der Waals surface area contributed by atoms with Crippen LogP contribution >= 0.6 is 22.9 Å². The molecular formula is C10H11ClO3S. The van der Waals surface area contributed by atoms with Crippen LogP contribution in [0.2, 0.25) is 0 Å². The van der Waals surface area contributed by atoms with E-state index in [2.05, 4.69) is 4.74 Å². The summed E-state index contributed by atoms with van der Waals surface area (Å²) >= 11 is 7.22. The van der Waals surface area contributed by atoms with Crippen LogP contribution in [0.15, 0.2) is 17.5 Å². The Labute approximate surface area is 97.0 Å². The zero-order chi connectivity index (χ0) is 11.3. The van der Waals surface area contributed by atoms with Crippen LogP contribution in [0.4, 0.5) is 0 Å². The lowest BCUT2D eigenvalue weighted by atomic mass is 10.1. The summed E-state index contributed by atoms with van der Waals surface area (Å²) in [5.41, 5.74) is 0. The van der Waals surface area contributed by atoms with Gasteiger partial charge in [-0.25, -0.2) is 0 Å². The first-order valence-electron chi connectivity index (χ1n) is 4.43. The summed E-state index contributed by atoms with van der Waals surface area (Å²) in [5, 5.41) is 1.17. The molecule has 0 radical (unpaired) electrons. The van der Waals surface area contributed by atoms with Gasteiger partial charge in [0.25, 0.3) is 0 Å². The number of methoxy groups -OCH3 is 1. The average molecular weight is 247 g/mol. The molecule has 0 bridgehead atoms. The Morgan fingerprint density at radius 1 is 1.60 bits per heavy atom. The highest BCUT2D eigenvalue weighted by molar-refractivity contribution is 7.12. The number of ether oxygens (including phenoxy) is 1. The molecule has 0 saturated heterocycles. The molecule has 0 amide bonds. The van der Waals surface area contributed by atoms with Crippen LogP contribution in [0.3, 0.4) is 0 Å². The summed E-state index contributed by atoms with van der Waals surface area (Å²) in [7, 11) is 1.31. The second-order valence-electron chi connectivity index (χ2n) is 2.92. The molecular weight excluding hydrogens is 236 g/mol. The maximum absolute atomic E-state index is 11.6. The molecule has 3 nitrogen and oxygen atoms in total. The molecule has 0 fully saturated rings. The highest BCUT2D eigenvalue weighted by Crippen LogP contribution is 2.17. The summed E-state index contributed by atoms with van der Waals surface area (Å²) in [6.07, 6.45) is 0.479. The second kappa shape index (κ2) is 5.88. The monoisotopic (exact) mass is 246 g/mol. The van der Waals surface area contributed by atoms with Crippen molar-refractivity contribution in [2.24, 2.45) is 0 Å². The Balaban J connectivity index is 2.44. The van der Waals surface area contributed by atoms with Gasteiger partial charge in [0.15, 0.2) is 5.78 Å². The molecule has 1 rings (SSSR count). The summed E-state index contributed by atoms with van der Waals surface area (Å²) in [6, 6.07) is 3.52. The number of ketones is 1. The van der Waals surface area contributed by atoms with Gasteiger partial charge in [-0.1, -0.05) is 6.07 Å². The van der Waals surface area contributed by atoms with E-state index in [-0.39, 0.29) is 18.2 Å². The Bertz CT molecular complexity index is 334. The lowest BCUT2D eigenvalue weighted by Crippen LogP contribution is -2.15. The standard InChI is InChI=1S/C10H11ClO3S/c1-14-9(12)5-4-7(11)10(13)8-3-2-6-15-8/h2-3,6-7H,4-5H2,1H3. The molecule has 0 N–H and O–H groups in total. The molecule has 0 aliphatic carbocycles. The fourth-order valence-corrected chi connectivity index (χ4v) is 2.06. The molecule has 1 aromatic rings. The number of esters is 1. The van der Waals surface area contributed by atoms with E-state index in [9.17, 15) is 9.59 Å². The second-order valence-corrected chi connectivity index (χ2v) is 4.40. The number of halogens is 1. The van der Waals surface area contributed by atoms with Crippen LogP contribution in [0.25, 0.3) is 0 Å². The predicted molar refractivity (Wildman–Crippen MR) is 59.5 cm³/mol. The maximum Gasteiger partial charge on any atom is 0.305 e. The van der Waals surface area contributed by atoms with Crippen LogP contribution < -0.4 is 0 Å². The minimum absolute atomic E-state index is 0.129. The van der Waals surface area contributed by atoms with E-state index in [1.807, 2.05) is 5.38 Å². The minimum Gasteiger partial charge on any atom is -0.469 e. The summed E-state index contributed by atoms with van der Waals surface area (Å²) in [5.74, 6) is -0.477. The van der Waals surface area contributed by atoms with E-state index >= 15 is 0 Å². The number of rotatable bonds is 5. The van der Waals surface area contributed by atoms with Gasteiger partial charge in [-0.15, -0.1) is 22.9 Å². The quantitative estimate of drug-likeness (QED) is 0.456. The number of carbonyl (C=O) groups excluding carboxylic acids is 2. The van der Waals surface area contributed by atoms with E-state index < -0.39 is 5.38 Å². The SMILES string of the molecule is COC(=O)CCC(Cl)C(=O)c1cccs1. The first-order chi connectivity index (χ1) is 7.15. The molecule has 1 heterocycles. The Morgan fingerprint density at radius 3 is 2.87 bits per heavy atom. The smallest absolute Gasteiger partial charge is 0.305 e. The third-order valence-corrected chi connectivity index (χ3v) is 3.18. The molecule has 0 saturated carbocycles. The number of thiophene rings is 1. The molecule has 0 aromatic carbocycles. The van der Waals surface area contributed by atoms with Crippen molar-refractivity contribution in [1.29, 1.82) is 0 Å². The van der Waals surface area contributed by atoms with Gasteiger partial charge >= 0.3 is 5.97 Å². The minimum atomic E-state index is -0.650. The van der Waals surface area contributed by atoms with E-state index in [1.165, 1.54) is 18.4 Å². The van der Waals surface area contributed by atoms with Crippen molar-refractivity contribution in [3.63, 3.8) is 0 Å². The van der Waals surface area contributed by atoms with Crippen molar-refractivity contribution in [2.45, 2.75) is 18.2 Å². The lowest BCUT2D eigenvalue weighted by Gasteiger charge is -2.05. The Hall–Kier alpha value is -0.870. The first kappa shape index (κ1) is 12.2. The lowest BCUT2D eigenvalue weighted by molar-refractivity contribution is -0.140. The third-order valence-electron chi connectivity index (χ3n) is 1.88. The van der Waals surface area contributed by atoms with E-state index in [4.69, 9.17) is 11.6 Å². The van der Waals surface area contributed by atoms with Crippen molar-refractivity contribution in [3.8, 4) is 0 Å². The topological polar surface area (TPSA) is 43.4 Å². The predicted octanol–water partition coefficient (Wildman–Crippen LogP) is 2.49. The van der Waals surface area contributed by atoms with Crippen LogP contribution in [-0.2, 0) is 9.53 Å². The molecule has 1 atom stereocenters. The highest BCUT2D eigenvalue weighted by atomic mass is 35.5. The first-order valence-corrected chi connectivity index (χ1v) is 5.75. The van der Waals surface area contributed by atoms with Gasteiger partial charge in [0.1, 0.15) is 0 Å². The highest BCUT2D eigenvalue weighted by Gasteiger charge is 2.19. The third kappa shape index (κ3) is 3.64. The molecule has 5 heteroatoms. The van der Waals surface area contributed by atoms with Gasteiger partial charge in [-0.3, -0.25) is 9.59 Å². The summed E-state index contributed by atoms with van der Waals surface area (Å²) < 4.78 is 4.46. The molecule has 15 heavy (non-hydrogen) atoms. The van der Waals surface area contributed by atoms with Crippen molar-refractivity contribution in [3.05, 3.63) is 22.4 Å². The largest absolute Gasteiger partial charge is 0.469 e. The average Bonchev–Trinajstić information content (AvgIpc) is 2.77. The fraction of sp³-hybridized carbons (Fsp3) is 0.400. The van der Waals surface area contributed by atoms with Gasteiger partial charge < -0.3 is 4.74 Å². The van der Waals surface area contributed by atoms with Crippen molar-refractivity contribution >= 4 is 34.7 Å². The van der Waals surface area contributed by atoms with Gasteiger partial charge in [0.05, 0.1) is 17.4 Å². The van der Waals surface area contributed by atoms with Crippen LogP contribution in [0, 0.1) is 0 Å². The van der Waals surface area contributed by atoms with Crippen molar-refractivity contribution < 1.29 is 14.3 Å². The normalized spacial score (nSPS) is 12.1. The van der Waals surface area contributed by atoms with Crippen LogP contribution in [0.1, 0.15) is 22.5 Å². The summed E-state index contributed by atoms with van der Waals surface area (Å²) in [4.78, 5) is 23.1. The fourth-order valence-electron chi connectivity index (χ4n) is 1.05. The van der Waals surface area contributed by atoms with E-state index in [1.54, 1.807) is 12.1 Å².